The molecule has 1 atom stereocenters. The number of hydrogen-bond acceptors (Lipinski definition) is 4. The Labute approximate surface area is 110 Å². The Kier molecular flexibility index (Phi) is 4.34. The standard InChI is InChI=1S/C11H17IN4/c1-13-5-9-3-2-4-16(7-9)11-10(12)6-14-8-15-11/h6,8-9,13H,2-5,7H2,1H3. The first-order chi connectivity index (χ1) is 7.81. The quantitative estimate of drug-likeness (QED) is 0.852. The monoisotopic (exact) mass is 332 g/mol. The van der Waals surface area contributed by atoms with Crippen molar-refractivity contribution in [2.24, 2.45) is 5.92 Å². The molecule has 0 aliphatic carbocycles. The van der Waals surface area contributed by atoms with Crippen LogP contribution in [0.2, 0.25) is 0 Å². The maximum absolute atomic E-state index is 4.38. The van der Waals surface area contributed by atoms with E-state index in [9.17, 15) is 0 Å². The first-order valence-corrected chi connectivity index (χ1v) is 6.74. The van der Waals surface area contributed by atoms with Crippen LogP contribution in [0.4, 0.5) is 5.82 Å². The van der Waals surface area contributed by atoms with Crippen LogP contribution in [-0.2, 0) is 0 Å². The summed E-state index contributed by atoms with van der Waals surface area (Å²) in [4.78, 5) is 10.8. The molecule has 1 aliphatic heterocycles. The van der Waals surface area contributed by atoms with Crippen molar-refractivity contribution in [2.75, 3.05) is 31.6 Å². The Hall–Kier alpha value is -0.430. The first-order valence-electron chi connectivity index (χ1n) is 5.66. The fourth-order valence-electron chi connectivity index (χ4n) is 2.25. The number of anilines is 1. The molecule has 1 unspecified atom stereocenters. The molecule has 2 rings (SSSR count). The second-order valence-electron chi connectivity index (χ2n) is 4.21. The van der Waals surface area contributed by atoms with Crippen molar-refractivity contribution in [2.45, 2.75) is 12.8 Å². The van der Waals surface area contributed by atoms with Gasteiger partial charge in [-0.2, -0.15) is 0 Å². The summed E-state index contributed by atoms with van der Waals surface area (Å²) in [6.07, 6.45) is 6.09. The molecule has 0 amide bonds. The van der Waals surface area contributed by atoms with Crippen molar-refractivity contribution in [1.82, 2.24) is 15.3 Å². The van der Waals surface area contributed by atoms with Crippen LogP contribution in [0.25, 0.3) is 0 Å². The van der Waals surface area contributed by atoms with Crippen LogP contribution in [0.3, 0.4) is 0 Å². The van der Waals surface area contributed by atoms with E-state index >= 15 is 0 Å². The van der Waals surface area contributed by atoms with E-state index in [2.05, 4.69) is 42.8 Å². The Morgan fingerprint density at radius 2 is 2.50 bits per heavy atom. The van der Waals surface area contributed by atoms with Gasteiger partial charge in [-0.15, -0.1) is 0 Å². The number of hydrogen-bond donors (Lipinski definition) is 1. The lowest BCUT2D eigenvalue weighted by atomic mass is 9.98. The van der Waals surface area contributed by atoms with E-state index in [4.69, 9.17) is 0 Å². The Bertz CT molecular complexity index is 343. The van der Waals surface area contributed by atoms with Gasteiger partial charge in [0.15, 0.2) is 0 Å². The van der Waals surface area contributed by atoms with E-state index in [-0.39, 0.29) is 0 Å². The molecule has 1 aromatic rings. The SMILES string of the molecule is CNCC1CCCN(c2ncncc2I)C1. The molecule has 4 nitrogen and oxygen atoms in total. The second kappa shape index (κ2) is 5.77. The van der Waals surface area contributed by atoms with Gasteiger partial charge in [0.2, 0.25) is 0 Å². The molecule has 1 aliphatic rings. The predicted molar refractivity (Wildman–Crippen MR) is 73.6 cm³/mol. The Morgan fingerprint density at radius 1 is 1.62 bits per heavy atom. The number of rotatable bonds is 3. The molecular weight excluding hydrogens is 315 g/mol. The van der Waals surface area contributed by atoms with Crippen LogP contribution in [0.5, 0.6) is 0 Å². The van der Waals surface area contributed by atoms with E-state index in [0.717, 1.165) is 34.9 Å². The van der Waals surface area contributed by atoms with Crippen molar-refractivity contribution in [3.05, 3.63) is 16.1 Å². The topological polar surface area (TPSA) is 41.0 Å². The summed E-state index contributed by atoms with van der Waals surface area (Å²) in [5.74, 6) is 1.83. The molecule has 1 fully saturated rings. The summed E-state index contributed by atoms with van der Waals surface area (Å²) in [6, 6.07) is 0. The van der Waals surface area contributed by atoms with Crippen molar-refractivity contribution in [3.8, 4) is 0 Å². The van der Waals surface area contributed by atoms with Crippen LogP contribution in [-0.4, -0.2) is 36.6 Å². The summed E-state index contributed by atoms with van der Waals surface area (Å²) < 4.78 is 1.14. The minimum atomic E-state index is 0.740. The lowest BCUT2D eigenvalue weighted by Crippen LogP contribution is -2.39. The van der Waals surface area contributed by atoms with Gasteiger partial charge in [-0.05, 0) is 54.9 Å². The van der Waals surface area contributed by atoms with Crippen molar-refractivity contribution >= 4 is 28.4 Å². The molecular formula is C11H17IN4. The summed E-state index contributed by atoms with van der Waals surface area (Å²) in [6.45, 7) is 3.32. The average molecular weight is 332 g/mol. The molecule has 0 aromatic carbocycles. The van der Waals surface area contributed by atoms with E-state index in [1.54, 1.807) is 6.33 Å². The van der Waals surface area contributed by atoms with Crippen LogP contribution in [0, 0.1) is 9.49 Å². The maximum atomic E-state index is 4.38. The van der Waals surface area contributed by atoms with Gasteiger partial charge in [0.25, 0.3) is 0 Å². The highest BCUT2D eigenvalue weighted by atomic mass is 127. The highest BCUT2D eigenvalue weighted by molar-refractivity contribution is 14.1. The molecule has 5 heteroatoms. The van der Waals surface area contributed by atoms with E-state index in [0.29, 0.717) is 0 Å². The van der Waals surface area contributed by atoms with Crippen molar-refractivity contribution in [1.29, 1.82) is 0 Å². The minimum Gasteiger partial charge on any atom is -0.355 e. The van der Waals surface area contributed by atoms with Crippen LogP contribution < -0.4 is 10.2 Å². The molecule has 88 valence electrons. The lowest BCUT2D eigenvalue weighted by molar-refractivity contribution is 0.401. The zero-order chi connectivity index (χ0) is 11.4. The van der Waals surface area contributed by atoms with Gasteiger partial charge in [-0.1, -0.05) is 0 Å². The highest BCUT2D eigenvalue weighted by Crippen LogP contribution is 2.24. The number of halogens is 1. The third-order valence-corrected chi connectivity index (χ3v) is 3.72. The smallest absolute Gasteiger partial charge is 0.145 e. The molecule has 0 spiro atoms. The van der Waals surface area contributed by atoms with Crippen molar-refractivity contribution in [3.63, 3.8) is 0 Å². The second-order valence-corrected chi connectivity index (χ2v) is 5.37. The van der Waals surface area contributed by atoms with Gasteiger partial charge in [0, 0.05) is 19.3 Å². The third kappa shape index (κ3) is 2.82. The Morgan fingerprint density at radius 3 is 3.25 bits per heavy atom. The largest absolute Gasteiger partial charge is 0.355 e. The average Bonchev–Trinajstić information content (AvgIpc) is 2.30. The van der Waals surface area contributed by atoms with Crippen molar-refractivity contribution < 1.29 is 0 Å². The normalized spacial score (nSPS) is 21.1. The molecule has 1 aromatic heterocycles. The molecule has 2 heterocycles. The van der Waals surface area contributed by atoms with Crippen LogP contribution in [0.1, 0.15) is 12.8 Å². The lowest BCUT2D eigenvalue weighted by Gasteiger charge is -2.33. The van der Waals surface area contributed by atoms with Gasteiger partial charge >= 0.3 is 0 Å². The van der Waals surface area contributed by atoms with Gasteiger partial charge in [-0.25, -0.2) is 9.97 Å². The number of piperidine rings is 1. The van der Waals surface area contributed by atoms with Crippen LogP contribution in [0.15, 0.2) is 12.5 Å². The fourth-order valence-corrected chi connectivity index (χ4v) is 2.89. The summed E-state index contributed by atoms with van der Waals surface area (Å²) in [7, 11) is 2.02. The van der Waals surface area contributed by atoms with Gasteiger partial charge < -0.3 is 10.2 Å². The zero-order valence-corrected chi connectivity index (χ0v) is 11.6. The number of aromatic nitrogens is 2. The van der Waals surface area contributed by atoms with Gasteiger partial charge in [0.05, 0.1) is 3.57 Å². The number of nitrogens with one attached hydrogen (secondary N) is 1. The zero-order valence-electron chi connectivity index (χ0n) is 9.49. The van der Waals surface area contributed by atoms with E-state index in [1.165, 1.54) is 12.8 Å². The third-order valence-electron chi connectivity index (χ3n) is 2.96. The summed E-state index contributed by atoms with van der Waals surface area (Å²) in [5, 5.41) is 3.26. The van der Waals surface area contributed by atoms with Gasteiger partial charge in [-0.3, -0.25) is 0 Å². The molecule has 0 radical (unpaired) electrons. The summed E-state index contributed by atoms with van der Waals surface area (Å²) in [5.41, 5.74) is 0. The van der Waals surface area contributed by atoms with Crippen LogP contribution >= 0.6 is 22.6 Å². The maximum Gasteiger partial charge on any atom is 0.145 e. The molecule has 16 heavy (non-hydrogen) atoms. The van der Waals surface area contributed by atoms with E-state index < -0.39 is 0 Å². The van der Waals surface area contributed by atoms with Gasteiger partial charge in [0.1, 0.15) is 12.1 Å². The Balaban J connectivity index is 2.07. The fraction of sp³-hybridized carbons (Fsp3) is 0.636. The number of nitrogens with zero attached hydrogens (tertiary/aromatic N) is 3. The first kappa shape index (κ1) is 12.0. The highest BCUT2D eigenvalue weighted by Gasteiger charge is 2.21. The minimum absolute atomic E-state index is 0.740. The predicted octanol–water partition coefficient (Wildman–Crippen LogP) is 1.52. The molecule has 0 bridgehead atoms. The van der Waals surface area contributed by atoms with E-state index in [1.807, 2.05) is 13.2 Å². The molecule has 1 N–H and O–H groups in total. The molecule has 1 saturated heterocycles. The summed E-state index contributed by atoms with van der Waals surface area (Å²) >= 11 is 2.31. The molecule has 0 saturated carbocycles.